The Kier molecular flexibility index (Phi) is 13.3. The van der Waals surface area contributed by atoms with E-state index in [1.165, 1.54) is 0 Å². The van der Waals surface area contributed by atoms with Gasteiger partial charge in [-0.15, -0.1) is 21.5 Å². The van der Waals surface area contributed by atoms with Gasteiger partial charge in [-0.2, -0.15) is 0 Å². The quantitative estimate of drug-likeness (QED) is 0.131. The Morgan fingerprint density at radius 2 is 1.67 bits per heavy atom. The van der Waals surface area contributed by atoms with Crippen LogP contribution in [0, 0.1) is 20.8 Å². The fourth-order valence-electron chi connectivity index (χ4n) is 7.09. The molecule has 3 amide bonds. The first-order chi connectivity index (χ1) is 27.0. The molecule has 0 fully saturated rings. The van der Waals surface area contributed by atoms with Gasteiger partial charge in [-0.05, 0) is 124 Å². The van der Waals surface area contributed by atoms with E-state index in [2.05, 4.69) is 33.1 Å². The third-order valence-corrected chi connectivity index (χ3v) is 11.0. The number of fused-ring (bicyclic) bond motifs is 3. The van der Waals surface area contributed by atoms with Gasteiger partial charge in [-0.1, -0.05) is 29.8 Å². The van der Waals surface area contributed by atoms with E-state index in [-0.39, 0.29) is 31.4 Å². The van der Waals surface area contributed by atoms with Crippen molar-refractivity contribution in [1.82, 2.24) is 30.7 Å². The number of carbonyl (C=O) groups is 4. The molecule has 1 aliphatic carbocycles. The monoisotopic (exact) mass is 835 g/mol. The summed E-state index contributed by atoms with van der Waals surface area (Å²) in [5.41, 5.74) is 1.48. The summed E-state index contributed by atoms with van der Waals surface area (Å²) in [6, 6.07) is 6.09. The number of rotatable bonds is 12. The number of benzene rings is 1. The zero-order chi connectivity index (χ0) is 42.7. The summed E-state index contributed by atoms with van der Waals surface area (Å²) in [6.45, 7) is 18.6. The molecule has 0 saturated heterocycles. The predicted octanol–water partition coefficient (Wildman–Crippen LogP) is 7.99. The number of aromatic nitrogens is 3. The second-order valence-electron chi connectivity index (χ2n) is 16.9. The van der Waals surface area contributed by atoms with Crippen molar-refractivity contribution in [2.24, 2.45) is 4.99 Å². The highest BCUT2D eigenvalue weighted by Crippen LogP contribution is 2.40. The molecule has 2 unspecified atom stereocenters. The molecule has 3 aromatic rings. The number of nitrogens with one attached hydrogen (secondary N) is 3. The van der Waals surface area contributed by atoms with Gasteiger partial charge in [0.15, 0.2) is 5.82 Å². The maximum atomic E-state index is 14.4. The van der Waals surface area contributed by atoms with Crippen molar-refractivity contribution < 1.29 is 33.8 Å². The van der Waals surface area contributed by atoms with Gasteiger partial charge in [-0.3, -0.25) is 14.4 Å². The number of carboxylic acid groups (broad SMARTS) is 1. The number of amides is 3. The summed E-state index contributed by atoms with van der Waals surface area (Å²) in [6.07, 6.45) is 3.24. The van der Waals surface area contributed by atoms with Gasteiger partial charge in [0.1, 0.15) is 28.1 Å². The number of aliphatic imine (C=N–C) groups is 1. The van der Waals surface area contributed by atoms with Crippen molar-refractivity contribution in [3.05, 3.63) is 85.8 Å². The Labute approximate surface area is 348 Å². The lowest BCUT2D eigenvalue weighted by Crippen LogP contribution is -2.52. The van der Waals surface area contributed by atoms with Crippen LogP contribution in [0.3, 0.4) is 0 Å². The lowest BCUT2D eigenvalue weighted by atomic mass is 9.79. The van der Waals surface area contributed by atoms with Gasteiger partial charge in [0.2, 0.25) is 5.91 Å². The number of hydrogen-bond acceptors (Lipinski definition) is 10. The zero-order valence-electron chi connectivity index (χ0n) is 34.8. The molecule has 0 saturated carbocycles. The molecule has 3 heterocycles. The number of aryl methyl sites for hydroxylation is 2. The highest BCUT2D eigenvalue weighted by Gasteiger charge is 2.39. The van der Waals surface area contributed by atoms with Crippen LogP contribution in [0.4, 0.5) is 9.59 Å². The normalized spacial score (nSPS) is 18.3. The van der Waals surface area contributed by atoms with Gasteiger partial charge in [0.25, 0.3) is 0 Å². The van der Waals surface area contributed by atoms with E-state index in [0.29, 0.717) is 40.8 Å². The average Bonchev–Trinajstić information content (AvgIpc) is 3.57. The van der Waals surface area contributed by atoms with Gasteiger partial charge >= 0.3 is 18.2 Å². The van der Waals surface area contributed by atoms with E-state index < -0.39 is 52.9 Å². The van der Waals surface area contributed by atoms with Crippen molar-refractivity contribution in [3.8, 4) is 5.00 Å². The Balaban J connectivity index is 1.46. The van der Waals surface area contributed by atoms with E-state index in [1.807, 2.05) is 36.6 Å². The highest BCUT2D eigenvalue weighted by molar-refractivity contribution is 7.15. The van der Waals surface area contributed by atoms with Crippen molar-refractivity contribution in [2.75, 3.05) is 6.54 Å². The van der Waals surface area contributed by atoms with Gasteiger partial charge < -0.3 is 30.5 Å². The maximum absolute atomic E-state index is 14.4. The molecule has 312 valence electrons. The predicted molar refractivity (Wildman–Crippen MR) is 224 cm³/mol. The highest BCUT2D eigenvalue weighted by atomic mass is 35.5. The van der Waals surface area contributed by atoms with Crippen LogP contribution >= 0.6 is 22.9 Å². The number of thiophene rings is 1. The molecule has 2 aromatic heterocycles. The van der Waals surface area contributed by atoms with Crippen molar-refractivity contribution in [3.63, 3.8) is 0 Å². The summed E-state index contributed by atoms with van der Waals surface area (Å²) in [4.78, 5) is 58.6. The average molecular weight is 836 g/mol. The SMILES string of the molecule is Cc1sc2c(c1C)C(c1ccc(Cl)cc1)=NC(CC(=O)N[C@@]1(CC(C)NC(=O)OC(C)(C)C)C=C(C(=O)O)C(CCCNC(=O)OC(C)(C)C)=CC1)c1nnc(C)n1-2. The standard InChI is InChI=1S/C42H54ClN7O7S/c1-23(45-39(55)57-41(8,9)10)21-42(18-17-27(30(22-42)37(52)53)12-11-19-44-38(54)56-40(5,6)7)47-32(51)20-31-35-49-48-26(4)50(35)36-33(24(2)25(3)58-36)34(46-31)28-13-15-29(43)16-14-28/h13-17,22-23,31H,11-12,18-21H2,1-10H3,(H,44,54)(H,45,55)(H,47,51)(H,52,53)/t23?,31?,42-/m0/s1. The largest absolute Gasteiger partial charge is 0.478 e. The zero-order valence-corrected chi connectivity index (χ0v) is 36.4. The third-order valence-electron chi connectivity index (χ3n) is 9.56. The summed E-state index contributed by atoms with van der Waals surface area (Å²) in [5, 5.41) is 29.6. The van der Waals surface area contributed by atoms with Crippen molar-refractivity contribution >= 4 is 52.7 Å². The van der Waals surface area contributed by atoms with Gasteiger partial charge in [0.05, 0.1) is 23.2 Å². The first-order valence-electron chi connectivity index (χ1n) is 19.3. The number of ether oxygens (including phenoxy) is 2. The number of carboxylic acids is 1. The minimum Gasteiger partial charge on any atom is -0.478 e. The molecule has 14 nitrogen and oxygen atoms in total. The van der Waals surface area contributed by atoms with Crippen LogP contribution in [0.25, 0.3) is 5.00 Å². The van der Waals surface area contributed by atoms with E-state index in [1.54, 1.807) is 78.0 Å². The second-order valence-corrected chi connectivity index (χ2v) is 18.5. The number of alkyl carbamates (subject to hydrolysis) is 2. The first kappa shape index (κ1) is 44.1. The summed E-state index contributed by atoms with van der Waals surface area (Å²) < 4.78 is 12.8. The molecular formula is C42H54ClN7O7S. The van der Waals surface area contributed by atoms with Crippen molar-refractivity contribution in [2.45, 2.75) is 130 Å². The maximum Gasteiger partial charge on any atom is 0.407 e. The van der Waals surface area contributed by atoms with Crippen LogP contribution < -0.4 is 16.0 Å². The van der Waals surface area contributed by atoms with E-state index in [0.717, 1.165) is 26.6 Å². The van der Waals surface area contributed by atoms with Crippen LogP contribution in [0.5, 0.6) is 0 Å². The van der Waals surface area contributed by atoms with Gasteiger partial charge in [0, 0.05) is 33.6 Å². The van der Waals surface area contributed by atoms with E-state index in [4.69, 9.17) is 26.1 Å². The summed E-state index contributed by atoms with van der Waals surface area (Å²) >= 11 is 7.89. The van der Waals surface area contributed by atoms with E-state index >= 15 is 0 Å². The molecule has 1 aliphatic heterocycles. The topological polar surface area (TPSA) is 186 Å². The summed E-state index contributed by atoms with van der Waals surface area (Å²) in [7, 11) is 0. The third kappa shape index (κ3) is 10.9. The molecule has 0 spiro atoms. The Bertz CT molecular complexity index is 2160. The second kappa shape index (κ2) is 17.5. The van der Waals surface area contributed by atoms with Crippen molar-refractivity contribution in [1.29, 1.82) is 0 Å². The lowest BCUT2D eigenvalue weighted by Gasteiger charge is -2.37. The minimum atomic E-state index is -1.22. The number of carbonyl (C=O) groups excluding carboxylic acids is 3. The van der Waals surface area contributed by atoms with Gasteiger partial charge in [-0.25, -0.2) is 14.4 Å². The summed E-state index contributed by atoms with van der Waals surface area (Å²) in [5.74, 6) is -0.424. The molecule has 0 radical (unpaired) electrons. The molecular weight excluding hydrogens is 782 g/mol. The fourth-order valence-corrected chi connectivity index (χ4v) is 8.43. The molecule has 2 aliphatic rings. The number of halogens is 1. The molecule has 4 N–H and O–H groups in total. The molecule has 1 aromatic carbocycles. The van der Waals surface area contributed by atoms with E-state index in [9.17, 15) is 24.3 Å². The van der Waals surface area contributed by atoms with Crippen LogP contribution in [-0.4, -0.2) is 79.0 Å². The molecule has 5 rings (SSSR count). The number of aliphatic carboxylic acids is 1. The van der Waals surface area contributed by atoms with Crippen LogP contribution in [-0.2, 0) is 19.1 Å². The minimum absolute atomic E-state index is 0.0245. The molecule has 16 heteroatoms. The molecule has 58 heavy (non-hydrogen) atoms. The van der Waals surface area contributed by atoms with Crippen LogP contribution in [0.1, 0.15) is 120 Å². The lowest BCUT2D eigenvalue weighted by molar-refractivity contribution is -0.132. The van der Waals surface area contributed by atoms with Crippen LogP contribution in [0.15, 0.2) is 52.6 Å². The van der Waals surface area contributed by atoms with Crippen LogP contribution in [0.2, 0.25) is 5.02 Å². The Morgan fingerprint density at radius 3 is 2.31 bits per heavy atom. The molecule has 0 bridgehead atoms. The Hall–Kier alpha value is -5.02. The number of hydrogen-bond donors (Lipinski definition) is 4. The Morgan fingerprint density at radius 1 is 1.02 bits per heavy atom. The fraction of sp³-hybridized carbons (Fsp3) is 0.500. The number of nitrogens with zero attached hydrogens (tertiary/aromatic N) is 4. The smallest absolute Gasteiger partial charge is 0.407 e. The molecule has 3 atom stereocenters. The first-order valence-corrected chi connectivity index (χ1v) is 20.5.